The van der Waals surface area contributed by atoms with E-state index in [2.05, 4.69) is 21.9 Å². The largest absolute Gasteiger partial charge is 0.346 e. The summed E-state index contributed by atoms with van der Waals surface area (Å²) in [6.07, 6.45) is 1.44. The zero-order chi connectivity index (χ0) is 12.3. The number of carbonyl (C=O) groups is 1. The van der Waals surface area contributed by atoms with Gasteiger partial charge in [-0.25, -0.2) is 4.98 Å². The third kappa shape index (κ3) is 2.79. The van der Waals surface area contributed by atoms with E-state index >= 15 is 0 Å². The SMILES string of the molecule is C=C(Cl)CNC(=O)c1cnc2ccccc2n1. The molecule has 1 aromatic heterocycles. The van der Waals surface area contributed by atoms with E-state index in [4.69, 9.17) is 11.6 Å². The fraction of sp³-hybridized carbons (Fsp3) is 0.0833. The van der Waals surface area contributed by atoms with E-state index in [1.165, 1.54) is 6.20 Å². The Kier molecular flexibility index (Phi) is 3.35. The van der Waals surface area contributed by atoms with Crippen molar-refractivity contribution in [3.05, 3.63) is 47.8 Å². The van der Waals surface area contributed by atoms with Crippen molar-refractivity contribution in [2.75, 3.05) is 6.54 Å². The normalized spacial score (nSPS) is 10.2. The van der Waals surface area contributed by atoms with Crippen LogP contribution in [0.1, 0.15) is 10.5 Å². The topological polar surface area (TPSA) is 54.9 Å². The molecule has 0 unspecified atom stereocenters. The highest BCUT2D eigenvalue weighted by Gasteiger charge is 2.08. The van der Waals surface area contributed by atoms with Crippen LogP contribution >= 0.6 is 11.6 Å². The van der Waals surface area contributed by atoms with Crippen LogP contribution < -0.4 is 5.32 Å². The minimum atomic E-state index is -0.315. The second-order valence-corrected chi connectivity index (χ2v) is 3.98. The van der Waals surface area contributed by atoms with E-state index in [9.17, 15) is 4.79 Å². The van der Waals surface area contributed by atoms with Crippen molar-refractivity contribution in [3.63, 3.8) is 0 Å². The van der Waals surface area contributed by atoms with Gasteiger partial charge in [-0.15, -0.1) is 0 Å². The summed E-state index contributed by atoms with van der Waals surface area (Å²) in [6, 6.07) is 7.36. The molecule has 0 bridgehead atoms. The maximum atomic E-state index is 11.7. The van der Waals surface area contributed by atoms with E-state index in [0.29, 0.717) is 10.5 Å². The Morgan fingerprint density at radius 1 is 1.35 bits per heavy atom. The number of carbonyl (C=O) groups excluding carboxylic acids is 1. The number of hydrogen-bond donors (Lipinski definition) is 1. The Morgan fingerprint density at radius 3 is 2.76 bits per heavy atom. The monoisotopic (exact) mass is 247 g/mol. The molecule has 0 atom stereocenters. The van der Waals surface area contributed by atoms with Gasteiger partial charge in [0, 0.05) is 5.03 Å². The second-order valence-electron chi connectivity index (χ2n) is 3.44. The van der Waals surface area contributed by atoms with E-state index in [1.54, 1.807) is 6.07 Å². The molecule has 1 aromatic carbocycles. The van der Waals surface area contributed by atoms with Crippen LogP contribution in [0.5, 0.6) is 0 Å². The number of benzene rings is 1. The first-order chi connectivity index (χ1) is 8.16. The first kappa shape index (κ1) is 11.5. The molecule has 0 aliphatic rings. The highest BCUT2D eigenvalue weighted by atomic mass is 35.5. The Hall–Kier alpha value is -1.94. The van der Waals surface area contributed by atoms with Gasteiger partial charge in [0.1, 0.15) is 5.69 Å². The van der Waals surface area contributed by atoms with Gasteiger partial charge in [0.15, 0.2) is 0 Å². The number of amides is 1. The number of hydrogen-bond acceptors (Lipinski definition) is 3. The van der Waals surface area contributed by atoms with Crippen molar-refractivity contribution < 1.29 is 4.79 Å². The van der Waals surface area contributed by atoms with Crippen molar-refractivity contribution in [2.24, 2.45) is 0 Å². The van der Waals surface area contributed by atoms with Crippen molar-refractivity contribution in [3.8, 4) is 0 Å². The van der Waals surface area contributed by atoms with Crippen molar-refractivity contribution >= 4 is 28.5 Å². The van der Waals surface area contributed by atoms with Gasteiger partial charge in [-0.2, -0.15) is 0 Å². The van der Waals surface area contributed by atoms with Crippen molar-refractivity contribution in [1.82, 2.24) is 15.3 Å². The van der Waals surface area contributed by atoms with E-state index < -0.39 is 0 Å². The van der Waals surface area contributed by atoms with Crippen LogP contribution in [0.2, 0.25) is 0 Å². The summed E-state index contributed by atoms with van der Waals surface area (Å²) >= 11 is 5.56. The molecule has 1 N–H and O–H groups in total. The second kappa shape index (κ2) is 4.93. The van der Waals surface area contributed by atoms with Gasteiger partial charge in [-0.3, -0.25) is 9.78 Å². The predicted molar refractivity (Wildman–Crippen MR) is 66.9 cm³/mol. The molecule has 86 valence electrons. The summed E-state index contributed by atoms with van der Waals surface area (Å²) < 4.78 is 0. The number of aromatic nitrogens is 2. The summed E-state index contributed by atoms with van der Waals surface area (Å²) in [5.41, 5.74) is 1.71. The van der Waals surface area contributed by atoms with Crippen LogP contribution in [-0.4, -0.2) is 22.4 Å². The zero-order valence-electron chi connectivity index (χ0n) is 8.98. The summed E-state index contributed by atoms with van der Waals surface area (Å²) in [7, 11) is 0. The molecule has 0 saturated heterocycles. The Morgan fingerprint density at radius 2 is 2.06 bits per heavy atom. The van der Waals surface area contributed by atoms with Crippen LogP contribution in [0.25, 0.3) is 11.0 Å². The maximum Gasteiger partial charge on any atom is 0.271 e. The van der Waals surface area contributed by atoms with Gasteiger partial charge >= 0.3 is 0 Å². The van der Waals surface area contributed by atoms with Gasteiger partial charge in [0.05, 0.1) is 23.8 Å². The zero-order valence-corrected chi connectivity index (χ0v) is 9.74. The lowest BCUT2D eigenvalue weighted by Crippen LogP contribution is -2.25. The number of nitrogens with zero attached hydrogens (tertiary/aromatic N) is 2. The number of rotatable bonds is 3. The molecule has 2 rings (SSSR count). The number of nitrogens with one attached hydrogen (secondary N) is 1. The molecule has 0 aliphatic heterocycles. The number of fused-ring (bicyclic) bond motifs is 1. The summed E-state index contributed by atoms with van der Waals surface area (Å²) in [6.45, 7) is 3.70. The molecule has 17 heavy (non-hydrogen) atoms. The Labute approximate surface area is 103 Å². The first-order valence-corrected chi connectivity index (χ1v) is 5.38. The molecule has 0 aliphatic carbocycles. The van der Waals surface area contributed by atoms with Gasteiger partial charge in [0.25, 0.3) is 5.91 Å². The molecular formula is C12H10ClN3O. The standard InChI is InChI=1S/C12H10ClN3O/c1-8(13)6-15-12(17)11-7-14-9-4-2-3-5-10(9)16-11/h2-5,7H,1,6H2,(H,15,17). The Bertz CT molecular complexity index is 583. The minimum absolute atomic E-state index is 0.217. The highest BCUT2D eigenvalue weighted by molar-refractivity contribution is 6.29. The van der Waals surface area contributed by atoms with Crippen LogP contribution in [0.4, 0.5) is 0 Å². The third-order valence-corrected chi connectivity index (χ3v) is 2.26. The van der Waals surface area contributed by atoms with Gasteiger partial charge in [-0.1, -0.05) is 30.3 Å². The molecule has 0 radical (unpaired) electrons. The molecule has 2 aromatic rings. The number of halogens is 1. The predicted octanol–water partition coefficient (Wildman–Crippen LogP) is 2.11. The smallest absolute Gasteiger partial charge is 0.271 e. The molecule has 0 spiro atoms. The van der Waals surface area contributed by atoms with Crippen LogP contribution in [0.15, 0.2) is 42.1 Å². The fourth-order valence-corrected chi connectivity index (χ4v) is 1.40. The van der Waals surface area contributed by atoms with Crippen molar-refractivity contribution in [2.45, 2.75) is 0 Å². The first-order valence-electron chi connectivity index (χ1n) is 5.00. The molecular weight excluding hydrogens is 238 g/mol. The average Bonchev–Trinajstić information content (AvgIpc) is 2.35. The van der Waals surface area contributed by atoms with Gasteiger partial charge in [0.2, 0.25) is 0 Å². The summed E-state index contributed by atoms with van der Waals surface area (Å²) in [5.74, 6) is -0.315. The maximum absolute atomic E-state index is 11.7. The Balaban J connectivity index is 2.24. The van der Waals surface area contributed by atoms with E-state index in [1.807, 2.05) is 18.2 Å². The van der Waals surface area contributed by atoms with Gasteiger partial charge in [-0.05, 0) is 12.1 Å². The lowest BCUT2D eigenvalue weighted by molar-refractivity contribution is 0.0952. The molecule has 4 nitrogen and oxygen atoms in total. The van der Waals surface area contributed by atoms with Crippen LogP contribution in [0, 0.1) is 0 Å². The molecule has 0 fully saturated rings. The minimum Gasteiger partial charge on any atom is -0.346 e. The lowest BCUT2D eigenvalue weighted by atomic mass is 10.3. The van der Waals surface area contributed by atoms with E-state index in [-0.39, 0.29) is 18.1 Å². The molecule has 1 amide bonds. The van der Waals surface area contributed by atoms with Crippen LogP contribution in [-0.2, 0) is 0 Å². The highest BCUT2D eigenvalue weighted by Crippen LogP contribution is 2.08. The molecule has 5 heteroatoms. The average molecular weight is 248 g/mol. The lowest BCUT2D eigenvalue weighted by Gasteiger charge is -2.03. The van der Waals surface area contributed by atoms with Crippen LogP contribution in [0.3, 0.4) is 0 Å². The van der Waals surface area contributed by atoms with Gasteiger partial charge < -0.3 is 5.32 Å². The quantitative estimate of drug-likeness (QED) is 0.904. The van der Waals surface area contributed by atoms with E-state index in [0.717, 1.165) is 5.52 Å². The summed E-state index contributed by atoms with van der Waals surface area (Å²) in [5, 5.41) is 2.96. The third-order valence-electron chi connectivity index (χ3n) is 2.12. The number of para-hydroxylation sites is 2. The summed E-state index contributed by atoms with van der Waals surface area (Å²) in [4.78, 5) is 20.0. The molecule has 1 heterocycles. The molecule has 0 saturated carbocycles. The van der Waals surface area contributed by atoms with Crippen molar-refractivity contribution in [1.29, 1.82) is 0 Å². The fourth-order valence-electron chi connectivity index (χ4n) is 1.33.